The zero-order valence-corrected chi connectivity index (χ0v) is 16.0. The molecule has 0 aliphatic carbocycles. The maximum absolute atomic E-state index is 3.56. The number of fused-ring (bicyclic) bond motifs is 2. The second-order valence-electron chi connectivity index (χ2n) is 5.72. The van der Waals surface area contributed by atoms with Gasteiger partial charge in [0.05, 0.1) is 0 Å². The van der Waals surface area contributed by atoms with Crippen molar-refractivity contribution in [2.45, 2.75) is 0 Å². The SMILES string of the molecule is BrC=c1ccc2ccccc2c1=c1c(=CBr)ccc2ccccc12. The molecule has 0 bridgehead atoms. The molecule has 24 heavy (non-hydrogen) atoms. The molecule has 0 aliphatic heterocycles. The minimum atomic E-state index is 1.18. The van der Waals surface area contributed by atoms with Gasteiger partial charge in [0.2, 0.25) is 0 Å². The van der Waals surface area contributed by atoms with Crippen LogP contribution in [-0.4, -0.2) is 0 Å². The summed E-state index contributed by atoms with van der Waals surface area (Å²) in [5.41, 5.74) is 0. The highest BCUT2D eigenvalue weighted by molar-refractivity contribution is 9.14. The average molecular weight is 438 g/mol. The Bertz CT molecular complexity index is 1170. The Hall–Kier alpha value is -1.90. The monoisotopic (exact) mass is 436 g/mol. The van der Waals surface area contributed by atoms with Gasteiger partial charge in [-0.2, -0.15) is 0 Å². The molecule has 0 amide bonds. The standard InChI is InChI=1S/C22H14Br2/c23-13-17-11-9-15-5-1-3-7-19(15)21(17)22-18(14-24)12-10-16-6-2-4-8-20(16)22/h1-14H. The summed E-state index contributed by atoms with van der Waals surface area (Å²) in [6.45, 7) is 0. The van der Waals surface area contributed by atoms with Crippen LogP contribution in [0, 0.1) is 10.4 Å². The van der Waals surface area contributed by atoms with Crippen molar-refractivity contribution in [2.75, 3.05) is 0 Å². The third-order valence-electron chi connectivity index (χ3n) is 4.41. The van der Waals surface area contributed by atoms with Gasteiger partial charge in [-0.15, -0.1) is 0 Å². The summed E-state index contributed by atoms with van der Waals surface area (Å²) in [6.07, 6.45) is 0. The average Bonchev–Trinajstić information content (AvgIpc) is 2.66. The number of hydrogen-bond acceptors (Lipinski definition) is 0. The van der Waals surface area contributed by atoms with Crippen molar-refractivity contribution >= 4 is 63.4 Å². The van der Waals surface area contributed by atoms with E-state index in [1.807, 2.05) is 9.97 Å². The molecule has 0 saturated heterocycles. The lowest BCUT2D eigenvalue weighted by Crippen LogP contribution is -2.09. The van der Waals surface area contributed by atoms with Gasteiger partial charge in [0.15, 0.2) is 0 Å². The second kappa shape index (κ2) is 6.54. The van der Waals surface area contributed by atoms with Gasteiger partial charge >= 0.3 is 0 Å². The molecule has 116 valence electrons. The zero-order valence-electron chi connectivity index (χ0n) is 12.8. The predicted molar refractivity (Wildman–Crippen MR) is 112 cm³/mol. The molecule has 4 aromatic carbocycles. The van der Waals surface area contributed by atoms with E-state index in [2.05, 4.69) is 105 Å². The first-order valence-corrected chi connectivity index (χ1v) is 9.57. The fourth-order valence-corrected chi connectivity index (χ4v) is 4.08. The third kappa shape index (κ3) is 2.51. The lowest BCUT2D eigenvalue weighted by atomic mass is 10.0. The molecule has 0 nitrogen and oxygen atoms in total. The number of rotatable bonds is 0. The molecule has 0 saturated carbocycles. The topological polar surface area (TPSA) is 0 Å². The van der Waals surface area contributed by atoms with Crippen LogP contribution in [-0.2, 0) is 0 Å². The fourth-order valence-electron chi connectivity index (χ4n) is 3.32. The molecule has 0 radical (unpaired) electrons. The highest BCUT2D eigenvalue weighted by Crippen LogP contribution is 2.17. The molecule has 0 heterocycles. The van der Waals surface area contributed by atoms with E-state index in [1.165, 1.54) is 42.4 Å². The zero-order chi connectivity index (χ0) is 16.5. The minimum Gasteiger partial charge on any atom is -0.0616 e. The minimum absolute atomic E-state index is 1.18. The Balaban J connectivity index is 2.56. The van der Waals surface area contributed by atoms with E-state index < -0.39 is 0 Å². The summed E-state index contributed by atoms with van der Waals surface area (Å²) in [5.74, 6) is 0. The fraction of sp³-hybridized carbons (Fsp3) is 0. The molecule has 0 fully saturated rings. The van der Waals surface area contributed by atoms with Gasteiger partial charge in [0.1, 0.15) is 0 Å². The summed E-state index contributed by atoms with van der Waals surface area (Å²) >= 11 is 7.11. The molecule has 0 unspecified atom stereocenters. The van der Waals surface area contributed by atoms with Gasteiger partial charge in [0, 0.05) is 0 Å². The molecular formula is C22H14Br2. The summed E-state index contributed by atoms with van der Waals surface area (Å²) in [5, 5.41) is 9.90. The summed E-state index contributed by atoms with van der Waals surface area (Å²) in [6, 6.07) is 25.8. The van der Waals surface area contributed by atoms with Gasteiger partial charge in [0.25, 0.3) is 0 Å². The quantitative estimate of drug-likeness (QED) is 0.338. The maximum atomic E-state index is 3.56. The van der Waals surface area contributed by atoms with Crippen LogP contribution >= 0.6 is 31.9 Å². The third-order valence-corrected chi connectivity index (χ3v) is 5.39. The summed E-state index contributed by atoms with van der Waals surface area (Å²) < 4.78 is 0. The van der Waals surface area contributed by atoms with E-state index in [9.17, 15) is 0 Å². The van der Waals surface area contributed by atoms with Crippen molar-refractivity contribution in [1.29, 1.82) is 0 Å². The van der Waals surface area contributed by atoms with Gasteiger partial charge in [-0.05, 0) is 52.4 Å². The summed E-state index contributed by atoms with van der Waals surface area (Å²) in [7, 11) is 0. The van der Waals surface area contributed by atoms with Crippen molar-refractivity contribution in [3.8, 4) is 0 Å². The van der Waals surface area contributed by atoms with Crippen LogP contribution in [0.5, 0.6) is 0 Å². The van der Waals surface area contributed by atoms with Crippen molar-refractivity contribution in [2.24, 2.45) is 0 Å². The predicted octanol–water partition coefficient (Wildman–Crippen LogP) is 5.55. The lowest BCUT2D eigenvalue weighted by Gasteiger charge is -2.04. The largest absolute Gasteiger partial charge is 0.0616 e. The van der Waals surface area contributed by atoms with E-state index in [1.54, 1.807) is 0 Å². The molecule has 0 atom stereocenters. The number of hydrogen-bond donors (Lipinski definition) is 0. The van der Waals surface area contributed by atoms with E-state index in [0.717, 1.165) is 0 Å². The van der Waals surface area contributed by atoms with Crippen LogP contribution in [0.25, 0.3) is 31.5 Å². The number of benzene rings is 4. The molecule has 2 heteroatoms. The smallest absolute Gasteiger partial charge is 0.00151 e. The van der Waals surface area contributed by atoms with E-state index >= 15 is 0 Å². The normalized spacial score (nSPS) is 14.6. The van der Waals surface area contributed by atoms with Gasteiger partial charge in [-0.3, -0.25) is 0 Å². The van der Waals surface area contributed by atoms with Crippen LogP contribution in [0.4, 0.5) is 0 Å². The molecule has 4 rings (SSSR count). The van der Waals surface area contributed by atoms with Crippen LogP contribution in [0.1, 0.15) is 0 Å². The molecular weight excluding hydrogens is 424 g/mol. The Labute approximate surface area is 156 Å². The molecule has 0 aromatic heterocycles. The molecule has 4 aromatic rings. The van der Waals surface area contributed by atoms with Gasteiger partial charge in [-0.1, -0.05) is 105 Å². The van der Waals surface area contributed by atoms with Crippen molar-refractivity contribution < 1.29 is 0 Å². The first-order chi connectivity index (χ1) is 11.8. The lowest BCUT2D eigenvalue weighted by molar-refractivity contribution is 1.48. The Morgan fingerprint density at radius 2 is 0.917 bits per heavy atom. The molecule has 0 N–H and O–H groups in total. The van der Waals surface area contributed by atoms with E-state index in [4.69, 9.17) is 0 Å². The van der Waals surface area contributed by atoms with Crippen molar-refractivity contribution in [3.63, 3.8) is 0 Å². The van der Waals surface area contributed by atoms with Crippen molar-refractivity contribution in [3.05, 3.63) is 93.7 Å². The van der Waals surface area contributed by atoms with E-state index in [-0.39, 0.29) is 0 Å². The second-order valence-corrected chi connectivity index (χ2v) is 6.64. The maximum Gasteiger partial charge on any atom is -0.00151 e. The first-order valence-electron chi connectivity index (χ1n) is 7.74. The van der Waals surface area contributed by atoms with Crippen molar-refractivity contribution in [1.82, 2.24) is 0 Å². The number of halogens is 2. The van der Waals surface area contributed by atoms with E-state index in [0.29, 0.717) is 0 Å². The highest BCUT2D eigenvalue weighted by Gasteiger charge is 2.02. The summed E-state index contributed by atoms with van der Waals surface area (Å²) in [4.78, 5) is 4.02. The van der Waals surface area contributed by atoms with Crippen LogP contribution in [0.2, 0.25) is 0 Å². The van der Waals surface area contributed by atoms with Crippen LogP contribution in [0.15, 0.2) is 72.8 Å². The van der Waals surface area contributed by atoms with Crippen LogP contribution in [0.3, 0.4) is 0 Å². The Kier molecular flexibility index (Phi) is 4.26. The van der Waals surface area contributed by atoms with Gasteiger partial charge < -0.3 is 0 Å². The Morgan fingerprint density at radius 1 is 0.500 bits per heavy atom. The molecule has 0 aliphatic rings. The molecule has 0 spiro atoms. The van der Waals surface area contributed by atoms with Crippen LogP contribution < -0.4 is 10.4 Å². The first kappa shape index (κ1) is 15.6. The Morgan fingerprint density at radius 3 is 1.33 bits per heavy atom. The van der Waals surface area contributed by atoms with Gasteiger partial charge in [-0.25, -0.2) is 0 Å². The highest BCUT2D eigenvalue weighted by atomic mass is 79.9.